The molecule has 23 heavy (non-hydrogen) atoms. The number of carbonyl (C=O) groups is 1. The summed E-state index contributed by atoms with van der Waals surface area (Å²) in [4.78, 5) is 12.0. The molecule has 0 saturated carbocycles. The molecule has 0 fully saturated rings. The fourth-order valence-electron chi connectivity index (χ4n) is 2.98. The number of aryl methyl sites for hydroxylation is 1. The minimum Gasteiger partial charge on any atom is -0.497 e. The van der Waals surface area contributed by atoms with E-state index < -0.39 is 5.60 Å². The van der Waals surface area contributed by atoms with Gasteiger partial charge in [-0.3, -0.25) is 5.32 Å². The Morgan fingerprint density at radius 1 is 1.43 bits per heavy atom. The van der Waals surface area contributed by atoms with Crippen molar-refractivity contribution >= 4 is 22.4 Å². The van der Waals surface area contributed by atoms with Gasteiger partial charge in [0.15, 0.2) is 0 Å². The fourth-order valence-corrected chi connectivity index (χ4v) is 3.59. The van der Waals surface area contributed by atoms with Gasteiger partial charge in [-0.25, -0.2) is 4.79 Å². The van der Waals surface area contributed by atoms with E-state index in [9.17, 15) is 9.90 Å². The molecule has 1 aliphatic carbocycles. The molecule has 1 aromatic heterocycles. The first-order chi connectivity index (χ1) is 11.1. The summed E-state index contributed by atoms with van der Waals surface area (Å²) in [6, 6.07) is 9.11. The number of urea groups is 1. The molecule has 0 bridgehead atoms. The van der Waals surface area contributed by atoms with E-state index in [1.54, 1.807) is 7.11 Å². The minimum atomic E-state index is -1.04. The summed E-state index contributed by atoms with van der Waals surface area (Å²) in [5.41, 5.74) is 0.923. The van der Waals surface area contributed by atoms with Crippen LogP contribution in [0.15, 0.2) is 35.7 Å². The van der Waals surface area contributed by atoms with Crippen molar-refractivity contribution in [2.24, 2.45) is 0 Å². The average molecular weight is 332 g/mol. The molecule has 0 aliphatic heterocycles. The third-order valence-electron chi connectivity index (χ3n) is 4.15. The fraction of sp³-hybridized carbons (Fsp3) is 0.353. The lowest BCUT2D eigenvalue weighted by atomic mass is 9.79. The van der Waals surface area contributed by atoms with E-state index in [2.05, 4.69) is 10.6 Å². The lowest BCUT2D eigenvalue weighted by Crippen LogP contribution is -2.44. The molecule has 6 heteroatoms. The summed E-state index contributed by atoms with van der Waals surface area (Å²) < 4.78 is 5.25. The second-order valence-electron chi connectivity index (χ2n) is 5.69. The monoisotopic (exact) mass is 332 g/mol. The van der Waals surface area contributed by atoms with Crippen molar-refractivity contribution in [2.75, 3.05) is 19.0 Å². The van der Waals surface area contributed by atoms with Crippen molar-refractivity contribution in [3.05, 3.63) is 46.8 Å². The van der Waals surface area contributed by atoms with E-state index in [0.29, 0.717) is 6.42 Å². The van der Waals surface area contributed by atoms with Gasteiger partial charge in [0.05, 0.1) is 18.7 Å². The predicted molar refractivity (Wildman–Crippen MR) is 91.2 cm³/mol. The van der Waals surface area contributed by atoms with Gasteiger partial charge < -0.3 is 15.2 Å². The van der Waals surface area contributed by atoms with Crippen molar-refractivity contribution in [3.63, 3.8) is 0 Å². The number of amides is 2. The number of thiophene rings is 1. The lowest BCUT2D eigenvalue weighted by Gasteiger charge is -2.34. The van der Waals surface area contributed by atoms with E-state index in [1.165, 1.54) is 11.3 Å². The summed E-state index contributed by atoms with van der Waals surface area (Å²) in [5.74, 6) is 0.788. The summed E-state index contributed by atoms with van der Waals surface area (Å²) in [7, 11) is 1.63. The maximum absolute atomic E-state index is 12.0. The van der Waals surface area contributed by atoms with Crippen LogP contribution in [-0.4, -0.2) is 24.8 Å². The van der Waals surface area contributed by atoms with E-state index in [1.807, 2.05) is 35.7 Å². The van der Waals surface area contributed by atoms with Crippen molar-refractivity contribution < 1.29 is 14.6 Å². The summed E-state index contributed by atoms with van der Waals surface area (Å²) >= 11 is 1.46. The smallest absolute Gasteiger partial charge is 0.319 e. The molecule has 2 amide bonds. The number of ether oxygens (including phenoxy) is 1. The highest BCUT2D eigenvalue weighted by atomic mass is 32.1. The molecule has 122 valence electrons. The molecule has 1 unspecified atom stereocenters. The average Bonchev–Trinajstić information content (AvgIpc) is 3.06. The molecule has 1 aromatic carbocycles. The number of aliphatic hydroxyl groups is 1. The van der Waals surface area contributed by atoms with Gasteiger partial charge >= 0.3 is 6.03 Å². The van der Waals surface area contributed by atoms with Gasteiger partial charge in [-0.1, -0.05) is 6.07 Å². The van der Waals surface area contributed by atoms with Crippen LogP contribution in [0, 0.1) is 0 Å². The Kier molecular flexibility index (Phi) is 4.54. The highest BCUT2D eigenvalue weighted by Crippen LogP contribution is 2.36. The van der Waals surface area contributed by atoms with E-state index in [4.69, 9.17) is 4.74 Å². The zero-order chi connectivity index (χ0) is 16.3. The van der Waals surface area contributed by atoms with Crippen LogP contribution >= 0.6 is 11.3 Å². The Labute approximate surface area is 139 Å². The maximum atomic E-state index is 12.0. The number of nitrogens with one attached hydrogen (secondary N) is 2. The Balaban J connectivity index is 1.69. The topological polar surface area (TPSA) is 70.6 Å². The Hall–Kier alpha value is -2.05. The summed E-state index contributed by atoms with van der Waals surface area (Å²) in [6.07, 6.45) is 2.42. The van der Waals surface area contributed by atoms with Gasteiger partial charge in [0.25, 0.3) is 0 Å². The molecule has 1 heterocycles. The number of benzene rings is 1. The van der Waals surface area contributed by atoms with Gasteiger partial charge in [0.2, 0.25) is 0 Å². The molecule has 3 rings (SSSR count). The number of hydrogen-bond acceptors (Lipinski definition) is 4. The molecular formula is C17H20N2O3S. The zero-order valence-corrected chi connectivity index (χ0v) is 13.8. The van der Waals surface area contributed by atoms with Crippen LogP contribution in [0.1, 0.15) is 24.0 Å². The Bertz CT molecular complexity index is 687. The van der Waals surface area contributed by atoms with E-state index >= 15 is 0 Å². The van der Waals surface area contributed by atoms with Crippen LogP contribution < -0.4 is 15.4 Å². The van der Waals surface area contributed by atoms with Crippen molar-refractivity contribution in [2.45, 2.75) is 24.9 Å². The first-order valence-electron chi connectivity index (χ1n) is 7.59. The van der Waals surface area contributed by atoms with Crippen molar-refractivity contribution in [3.8, 4) is 5.75 Å². The normalized spacial score (nSPS) is 19.7. The van der Waals surface area contributed by atoms with E-state index in [-0.39, 0.29) is 12.6 Å². The molecule has 0 spiro atoms. The molecule has 5 nitrogen and oxygen atoms in total. The maximum Gasteiger partial charge on any atom is 0.319 e. The number of carbonyl (C=O) groups excluding carboxylic acids is 1. The van der Waals surface area contributed by atoms with Crippen LogP contribution in [0.2, 0.25) is 0 Å². The molecular weight excluding hydrogens is 312 g/mol. The van der Waals surface area contributed by atoms with Gasteiger partial charge in [-0.05, 0) is 60.0 Å². The second kappa shape index (κ2) is 6.60. The number of hydrogen-bond donors (Lipinski definition) is 3. The minimum absolute atomic E-state index is 0.184. The molecule has 1 aliphatic rings. The number of anilines is 1. The highest BCUT2D eigenvalue weighted by molar-refractivity contribution is 7.14. The molecule has 0 saturated heterocycles. The number of fused-ring (bicyclic) bond motifs is 1. The highest BCUT2D eigenvalue weighted by Gasteiger charge is 2.34. The van der Waals surface area contributed by atoms with Gasteiger partial charge in [0, 0.05) is 0 Å². The second-order valence-corrected chi connectivity index (χ2v) is 6.64. The molecule has 3 N–H and O–H groups in total. The zero-order valence-electron chi connectivity index (χ0n) is 13.0. The first-order valence-corrected chi connectivity index (χ1v) is 8.47. The van der Waals surface area contributed by atoms with Gasteiger partial charge in [0.1, 0.15) is 11.4 Å². The Morgan fingerprint density at radius 2 is 2.30 bits per heavy atom. The number of rotatable bonds is 4. The largest absolute Gasteiger partial charge is 0.497 e. The van der Waals surface area contributed by atoms with Crippen LogP contribution in [0.25, 0.3) is 0 Å². The molecule has 1 atom stereocenters. The van der Waals surface area contributed by atoms with Crippen LogP contribution in [-0.2, 0) is 12.0 Å². The standard InChI is InChI=1S/C17H20N2O3S/c1-22-13-6-7-14-12(10-13)4-2-8-17(14,21)11-18-16(20)19-15-5-3-9-23-15/h3,5-7,9-10,21H,2,4,8,11H2,1H3,(H2,18,19,20). The summed E-state index contributed by atoms with van der Waals surface area (Å²) in [5, 5.41) is 19.2. The van der Waals surface area contributed by atoms with E-state index in [0.717, 1.165) is 34.7 Å². The van der Waals surface area contributed by atoms with Crippen molar-refractivity contribution in [1.82, 2.24) is 5.32 Å². The third-order valence-corrected chi connectivity index (χ3v) is 4.93. The third kappa shape index (κ3) is 3.48. The predicted octanol–water partition coefficient (Wildman–Crippen LogP) is 3.10. The SMILES string of the molecule is COc1ccc2c(c1)CCCC2(O)CNC(=O)Nc1cccs1. The van der Waals surface area contributed by atoms with Gasteiger partial charge in [-0.2, -0.15) is 0 Å². The lowest BCUT2D eigenvalue weighted by molar-refractivity contribution is 0.0220. The first kappa shape index (κ1) is 15.8. The molecule has 2 aromatic rings. The van der Waals surface area contributed by atoms with Crippen LogP contribution in [0.4, 0.5) is 9.80 Å². The van der Waals surface area contributed by atoms with Gasteiger partial charge in [-0.15, -0.1) is 11.3 Å². The quantitative estimate of drug-likeness (QED) is 0.806. The molecule has 0 radical (unpaired) electrons. The Morgan fingerprint density at radius 3 is 3.04 bits per heavy atom. The van der Waals surface area contributed by atoms with Crippen LogP contribution in [0.5, 0.6) is 5.75 Å². The van der Waals surface area contributed by atoms with Crippen LogP contribution in [0.3, 0.4) is 0 Å². The van der Waals surface area contributed by atoms with Crippen molar-refractivity contribution in [1.29, 1.82) is 0 Å². The number of methoxy groups -OCH3 is 1. The summed E-state index contributed by atoms with van der Waals surface area (Å²) in [6.45, 7) is 0.184.